The third-order valence-electron chi connectivity index (χ3n) is 5.56. The van der Waals surface area contributed by atoms with Crippen molar-refractivity contribution >= 4 is 17.8 Å². The molecule has 0 bridgehead atoms. The quantitative estimate of drug-likeness (QED) is 0.658. The van der Waals surface area contributed by atoms with E-state index in [1.165, 1.54) is 12.8 Å². The summed E-state index contributed by atoms with van der Waals surface area (Å²) in [5.74, 6) is 0.464. The number of aliphatic carboxylic acids is 1. The van der Waals surface area contributed by atoms with E-state index in [9.17, 15) is 9.59 Å². The molecule has 3 N–H and O–H groups in total. The normalized spacial score (nSPS) is 23.4. The lowest BCUT2D eigenvalue weighted by Gasteiger charge is -2.42. The molecule has 8 heteroatoms. The highest BCUT2D eigenvalue weighted by molar-refractivity contribution is 5.88. The minimum absolute atomic E-state index is 0.0516. The summed E-state index contributed by atoms with van der Waals surface area (Å²) in [6.45, 7) is 6.89. The number of carbonyl (C=O) groups excluding carboxylic acids is 1. The molecule has 2 fully saturated rings. The van der Waals surface area contributed by atoms with Gasteiger partial charge in [0.2, 0.25) is 0 Å². The van der Waals surface area contributed by atoms with Crippen LogP contribution in [0.2, 0.25) is 0 Å². The molecular weight excluding hydrogens is 334 g/mol. The fourth-order valence-electron chi connectivity index (χ4n) is 3.75. The van der Waals surface area contributed by atoms with Gasteiger partial charge in [-0.3, -0.25) is 19.7 Å². The summed E-state index contributed by atoms with van der Waals surface area (Å²) >= 11 is 0. The number of hydrogen-bond acceptors (Lipinski definition) is 4. The smallest absolute Gasteiger partial charge is 0.320 e. The molecule has 3 rings (SSSR count). The maximum absolute atomic E-state index is 12.2. The maximum Gasteiger partial charge on any atom is 0.320 e. The van der Waals surface area contributed by atoms with Crippen LogP contribution in [0.1, 0.15) is 51.3 Å². The number of nitrogens with zero attached hydrogens (tertiary/aromatic N) is 3. The van der Waals surface area contributed by atoms with Crippen molar-refractivity contribution in [2.75, 3.05) is 18.4 Å². The standard InChI is InChI=1S/C18H29N5O3/c1-4-22(10-17(24)25)15-8-14(9-15)19-18(26)20-16-7-11(2)23(21-16)12(3)13-5-6-13/h7,12-15H,4-6,8-10H2,1-3H3,(H,24,25)(H2,19,20,21,26). The molecule has 2 aliphatic carbocycles. The number of aryl methyl sites for hydroxylation is 1. The van der Waals surface area contributed by atoms with E-state index >= 15 is 0 Å². The van der Waals surface area contributed by atoms with Crippen LogP contribution >= 0.6 is 0 Å². The van der Waals surface area contributed by atoms with Crippen LogP contribution in [-0.4, -0.2) is 57.0 Å². The second kappa shape index (κ2) is 7.65. The zero-order valence-corrected chi connectivity index (χ0v) is 15.7. The van der Waals surface area contributed by atoms with Gasteiger partial charge in [-0.2, -0.15) is 5.10 Å². The van der Waals surface area contributed by atoms with Crippen LogP contribution in [0.3, 0.4) is 0 Å². The van der Waals surface area contributed by atoms with E-state index in [0.29, 0.717) is 24.3 Å². The van der Waals surface area contributed by atoms with Crippen molar-refractivity contribution in [3.05, 3.63) is 11.8 Å². The lowest BCUT2D eigenvalue weighted by molar-refractivity contribution is -0.139. The Morgan fingerprint density at radius 1 is 1.42 bits per heavy atom. The van der Waals surface area contributed by atoms with E-state index in [2.05, 4.69) is 22.7 Å². The Hall–Kier alpha value is -2.09. The summed E-state index contributed by atoms with van der Waals surface area (Å²) in [5, 5.41) is 19.2. The number of nitrogens with one attached hydrogen (secondary N) is 2. The Morgan fingerprint density at radius 3 is 2.69 bits per heavy atom. The zero-order valence-electron chi connectivity index (χ0n) is 15.7. The predicted molar refractivity (Wildman–Crippen MR) is 98.2 cm³/mol. The van der Waals surface area contributed by atoms with Crippen molar-refractivity contribution in [3.8, 4) is 0 Å². The zero-order chi connectivity index (χ0) is 18.8. The van der Waals surface area contributed by atoms with E-state index in [-0.39, 0.29) is 24.7 Å². The number of carboxylic acid groups (broad SMARTS) is 1. The van der Waals surface area contributed by atoms with Gasteiger partial charge in [-0.15, -0.1) is 0 Å². The summed E-state index contributed by atoms with van der Waals surface area (Å²) in [6.07, 6.45) is 4.06. The van der Waals surface area contributed by atoms with E-state index in [4.69, 9.17) is 5.11 Å². The molecule has 8 nitrogen and oxygen atoms in total. The molecule has 0 aliphatic heterocycles. The summed E-state index contributed by atoms with van der Waals surface area (Å²) in [5.41, 5.74) is 1.05. The predicted octanol–water partition coefficient (Wildman–Crippen LogP) is 2.22. The molecule has 1 aromatic rings. The van der Waals surface area contributed by atoms with Crippen LogP contribution in [0, 0.1) is 12.8 Å². The van der Waals surface area contributed by atoms with Crippen molar-refractivity contribution in [1.29, 1.82) is 0 Å². The molecular formula is C18H29N5O3. The topological polar surface area (TPSA) is 99.5 Å². The SMILES string of the molecule is CCN(CC(=O)O)C1CC(NC(=O)Nc2cc(C)n(C(C)C3CC3)n2)C1. The number of anilines is 1. The molecule has 144 valence electrons. The molecule has 0 spiro atoms. The van der Waals surface area contributed by atoms with Gasteiger partial charge in [0.15, 0.2) is 5.82 Å². The highest BCUT2D eigenvalue weighted by atomic mass is 16.4. The minimum Gasteiger partial charge on any atom is -0.480 e. The summed E-state index contributed by atoms with van der Waals surface area (Å²) in [7, 11) is 0. The summed E-state index contributed by atoms with van der Waals surface area (Å²) in [4.78, 5) is 25.0. The van der Waals surface area contributed by atoms with Crippen molar-refractivity contribution in [1.82, 2.24) is 20.0 Å². The number of carbonyl (C=O) groups is 2. The molecule has 1 unspecified atom stereocenters. The van der Waals surface area contributed by atoms with Crippen LogP contribution in [0.25, 0.3) is 0 Å². The molecule has 1 atom stereocenters. The second-order valence-electron chi connectivity index (χ2n) is 7.57. The minimum atomic E-state index is -0.813. The average molecular weight is 363 g/mol. The molecule has 0 radical (unpaired) electrons. The fraction of sp³-hybridized carbons (Fsp3) is 0.722. The van der Waals surface area contributed by atoms with Gasteiger partial charge < -0.3 is 10.4 Å². The Bertz CT molecular complexity index is 664. The molecule has 26 heavy (non-hydrogen) atoms. The number of rotatable bonds is 8. The lowest BCUT2D eigenvalue weighted by atomic mass is 9.85. The van der Waals surface area contributed by atoms with E-state index < -0.39 is 5.97 Å². The Balaban J connectivity index is 1.45. The fourth-order valence-corrected chi connectivity index (χ4v) is 3.75. The number of likely N-dealkylation sites (N-methyl/N-ethyl adjacent to an activating group) is 1. The first-order chi connectivity index (χ1) is 12.4. The highest BCUT2D eigenvalue weighted by Crippen LogP contribution is 2.39. The van der Waals surface area contributed by atoms with Gasteiger partial charge in [0.05, 0.1) is 12.6 Å². The molecule has 1 heterocycles. The van der Waals surface area contributed by atoms with Crippen LogP contribution in [-0.2, 0) is 4.79 Å². The van der Waals surface area contributed by atoms with Crippen LogP contribution in [0.15, 0.2) is 6.07 Å². The summed E-state index contributed by atoms with van der Waals surface area (Å²) < 4.78 is 2.00. The molecule has 0 saturated heterocycles. The molecule has 0 aromatic carbocycles. The van der Waals surface area contributed by atoms with Crippen LogP contribution in [0.5, 0.6) is 0 Å². The van der Waals surface area contributed by atoms with Gasteiger partial charge >= 0.3 is 12.0 Å². The van der Waals surface area contributed by atoms with Gasteiger partial charge in [0, 0.05) is 23.8 Å². The average Bonchev–Trinajstić information content (AvgIpc) is 3.32. The number of aromatic nitrogens is 2. The van der Waals surface area contributed by atoms with E-state index in [1.807, 2.05) is 29.5 Å². The van der Waals surface area contributed by atoms with Gasteiger partial charge in [-0.1, -0.05) is 6.92 Å². The first-order valence-corrected chi connectivity index (χ1v) is 9.46. The summed E-state index contributed by atoms with van der Waals surface area (Å²) in [6, 6.07) is 2.32. The number of hydrogen-bond donors (Lipinski definition) is 3. The van der Waals surface area contributed by atoms with Crippen molar-refractivity contribution < 1.29 is 14.7 Å². The highest BCUT2D eigenvalue weighted by Gasteiger charge is 2.35. The monoisotopic (exact) mass is 363 g/mol. The molecule has 2 saturated carbocycles. The van der Waals surface area contributed by atoms with Crippen molar-refractivity contribution in [3.63, 3.8) is 0 Å². The van der Waals surface area contributed by atoms with Gasteiger partial charge in [-0.25, -0.2) is 4.79 Å². The maximum atomic E-state index is 12.2. The third-order valence-corrected chi connectivity index (χ3v) is 5.56. The van der Waals surface area contributed by atoms with Crippen LogP contribution < -0.4 is 10.6 Å². The largest absolute Gasteiger partial charge is 0.480 e. The molecule has 2 aliphatic rings. The Morgan fingerprint density at radius 2 is 2.12 bits per heavy atom. The first kappa shape index (κ1) is 18.7. The number of carboxylic acids is 1. The Kier molecular flexibility index (Phi) is 5.50. The molecule has 1 aromatic heterocycles. The van der Waals surface area contributed by atoms with Crippen LogP contribution in [0.4, 0.5) is 10.6 Å². The number of amides is 2. The van der Waals surface area contributed by atoms with E-state index in [1.54, 1.807) is 0 Å². The first-order valence-electron chi connectivity index (χ1n) is 9.46. The Labute approximate surface area is 153 Å². The van der Waals surface area contributed by atoms with Gasteiger partial charge in [0.1, 0.15) is 0 Å². The van der Waals surface area contributed by atoms with E-state index in [0.717, 1.165) is 18.5 Å². The second-order valence-corrected chi connectivity index (χ2v) is 7.57. The number of urea groups is 1. The molecule has 2 amide bonds. The lowest BCUT2D eigenvalue weighted by Crippen LogP contribution is -2.55. The van der Waals surface area contributed by atoms with Gasteiger partial charge in [0.25, 0.3) is 0 Å². The van der Waals surface area contributed by atoms with Crippen molar-refractivity contribution in [2.45, 2.75) is 64.6 Å². The van der Waals surface area contributed by atoms with Gasteiger partial charge in [-0.05, 0) is 52.0 Å². The third kappa shape index (κ3) is 4.35. The van der Waals surface area contributed by atoms with Crippen molar-refractivity contribution in [2.24, 2.45) is 5.92 Å².